The summed E-state index contributed by atoms with van der Waals surface area (Å²) in [7, 11) is 0. The molecule has 1 fully saturated rings. The van der Waals surface area contributed by atoms with Gasteiger partial charge in [-0.25, -0.2) is 4.39 Å². The van der Waals surface area contributed by atoms with Gasteiger partial charge in [-0.1, -0.05) is 37.2 Å². The van der Waals surface area contributed by atoms with Crippen molar-refractivity contribution in [1.82, 2.24) is 15.5 Å². The summed E-state index contributed by atoms with van der Waals surface area (Å²) in [6, 6.07) is 10.3. The van der Waals surface area contributed by atoms with Crippen LogP contribution in [-0.2, 0) is 0 Å². The number of nitrogens with one attached hydrogen (secondary N) is 2. The van der Waals surface area contributed by atoms with Crippen molar-refractivity contribution in [2.75, 3.05) is 5.32 Å². The summed E-state index contributed by atoms with van der Waals surface area (Å²) in [6.07, 6.45) is 2.12. The van der Waals surface area contributed by atoms with E-state index in [-0.39, 0.29) is 17.4 Å². The second kappa shape index (κ2) is 8.90. The van der Waals surface area contributed by atoms with E-state index in [0.717, 1.165) is 18.4 Å². The number of benzene rings is 2. The number of carbonyl (C=O) groups excluding carboxylic acids is 2. The molecular weight excluding hydrogens is 411 g/mol. The SMILES string of the molecule is Cc1ccc(C(=O)NC(c2nc(C3CC3)no2)C(C)C)cc1NC(=O)c1ccccc1F. The lowest BCUT2D eigenvalue weighted by Crippen LogP contribution is -2.32. The van der Waals surface area contributed by atoms with Gasteiger partial charge >= 0.3 is 0 Å². The van der Waals surface area contributed by atoms with Gasteiger partial charge in [-0.15, -0.1) is 0 Å². The van der Waals surface area contributed by atoms with Crippen LogP contribution in [0, 0.1) is 18.7 Å². The van der Waals surface area contributed by atoms with Crippen molar-refractivity contribution >= 4 is 17.5 Å². The number of hydrogen-bond acceptors (Lipinski definition) is 5. The maximum Gasteiger partial charge on any atom is 0.258 e. The number of rotatable bonds is 7. The minimum Gasteiger partial charge on any atom is -0.340 e. The molecule has 1 atom stereocenters. The van der Waals surface area contributed by atoms with Crippen LogP contribution in [0.5, 0.6) is 0 Å². The summed E-state index contributed by atoms with van der Waals surface area (Å²) in [5, 5.41) is 9.69. The van der Waals surface area contributed by atoms with E-state index in [1.54, 1.807) is 31.2 Å². The lowest BCUT2D eigenvalue weighted by atomic mass is 10.0. The Morgan fingerprint density at radius 1 is 1.12 bits per heavy atom. The molecule has 7 nitrogen and oxygen atoms in total. The first-order valence-corrected chi connectivity index (χ1v) is 10.6. The summed E-state index contributed by atoms with van der Waals surface area (Å²) in [6.45, 7) is 5.72. The number of aryl methyl sites for hydroxylation is 1. The Bertz CT molecular complexity index is 1150. The molecule has 2 aromatic carbocycles. The first kappa shape index (κ1) is 21.7. The predicted octanol–water partition coefficient (Wildman–Crippen LogP) is 4.77. The molecule has 32 heavy (non-hydrogen) atoms. The highest BCUT2D eigenvalue weighted by atomic mass is 19.1. The van der Waals surface area contributed by atoms with Gasteiger partial charge in [0, 0.05) is 17.2 Å². The van der Waals surface area contributed by atoms with Crippen molar-refractivity contribution in [2.24, 2.45) is 5.92 Å². The van der Waals surface area contributed by atoms with E-state index in [1.807, 2.05) is 13.8 Å². The molecule has 1 aliphatic carbocycles. The van der Waals surface area contributed by atoms with Gasteiger partial charge in [0.05, 0.1) is 5.56 Å². The number of anilines is 1. The first-order valence-electron chi connectivity index (χ1n) is 10.6. The minimum atomic E-state index is -0.610. The van der Waals surface area contributed by atoms with Gasteiger partial charge in [-0.05, 0) is 55.5 Å². The van der Waals surface area contributed by atoms with Gasteiger partial charge in [-0.3, -0.25) is 9.59 Å². The summed E-state index contributed by atoms with van der Waals surface area (Å²) in [5.74, 6) is -0.0744. The number of aromatic nitrogens is 2. The molecule has 2 amide bonds. The van der Waals surface area contributed by atoms with Crippen molar-refractivity contribution in [3.8, 4) is 0 Å². The Morgan fingerprint density at radius 3 is 2.56 bits per heavy atom. The van der Waals surface area contributed by atoms with E-state index >= 15 is 0 Å². The molecule has 0 saturated heterocycles. The second-order valence-corrected chi connectivity index (χ2v) is 8.42. The van der Waals surface area contributed by atoms with Gasteiger partial charge in [-0.2, -0.15) is 4.98 Å². The summed E-state index contributed by atoms with van der Waals surface area (Å²) in [4.78, 5) is 30.0. The van der Waals surface area contributed by atoms with Crippen molar-refractivity contribution in [2.45, 2.75) is 45.6 Å². The monoisotopic (exact) mass is 436 g/mol. The second-order valence-electron chi connectivity index (χ2n) is 8.42. The van der Waals surface area contributed by atoms with Crippen LogP contribution in [0.4, 0.5) is 10.1 Å². The molecule has 4 rings (SSSR count). The molecule has 0 bridgehead atoms. The lowest BCUT2D eigenvalue weighted by molar-refractivity contribution is 0.0913. The smallest absolute Gasteiger partial charge is 0.258 e. The lowest BCUT2D eigenvalue weighted by Gasteiger charge is -2.19. The molecule has 1 aromatic heterocycles. The summed E-state index contributed by atoms with van der Waals surface area (Å²) >= 11 is 0. The van der Waals surface area contributed by atoms with Crippen LogP contribution < -0.4 is 10.6 Å². The number of nitrogens with zero attached hydrogens (tertiary/aromatic N) is 2. The first-order chi connectivity index (χ1) is 15.3. The third kappa shape index (κ3) is 4.69. The Morgan fingerprint density at radius 2 is 1.88 bits per heavy atom. The largest absolute Gasteiger partial charge is 0.340 e. The molecule has 1 heterocycles. The highest BCUT2D eigenvalue weighted by Gasteiger charge is 2.31. The molecular formula is C24H25FN4O3. The zero-order valence-electron chi connectivity index (χ0n) is 18.2. The van der Waals surface area contributed by atoms with Crippen molar-refractivity contribution in [3.05, 3.63) is 76.7 Å². The fraction of sp³-hybridized carbons (Fsp3) is 0.333. The maximum absolute atomic E-state index is 13.9. The van der Waals surface area contributed by atoms with E-state index in [4.69, 9.17) is 4.52 Å². The normalized spacial score (nSPS) is 14.3. The van der Waals surface area contributed by atoms with E-state index < -0.39 is 17.8 Å². The standard InChI is InChI=1S/C24H25FN4O3/c1-13(2)20(24-28-21(29-32-24)15-10-11-15)27-22(30)16-9-8-14(3)19(12-16)26-23(31)17-6-4-5-7-18(17)25/h4-9,12-13,15,20H,10-11H2,1-3H3,(H,26,31)(H,27,30). The zero-order valence-corrected chi connectivity index (χ0v) is 18.2. The van der Waals surface area contributed by atoms with Gasteiger partial charge in [0.1, 0.15) is 11.9 Å². The van der Waals surface area contributed by atoms with Crippen LogP contribution in [0.1, 0.15) is 76.6 Å². The highest BCUT2D eigenvalue weighted by Crippen LogP contribution is 2.38. The van der Waals surface area contributed by atoms with Crippen molar-refractivity contribution < 1.29 is 18.5 Å². The van der Waals surface area contributed by atoms with Crippen molar-refractivity contribution in [3.63, 3.8) is 0 Å². The molecule has 1 saturated carbocycles. The molecule has 1 aliphatic rings. The molecule has 3 aromatic rings. The van der Waals surface area contributed by atoms with E-state index in [9.17, 15) is 14.0 Å². The fourth-order valence-electron chi connectivity index (χ4n) is 3.35. The third-order valence-corrected chi connectivity index (χ3v) is 5.49. The van der Waals surface area contributed by atoms with Gasteiger partial charge in [0.25, 0.3) is 11.8 Å². The Hall–Kier alpha value is -3.55. The van der Waals surface area contributed by atoms with E-state index in [0.29, 0.717) is 28.9 Å². The van der Waals surface area contributed by atoms with Crippen molar-refractivity contribution in [1.29, 1.82) is 0 Å². The fourth-order valence-corrected chi connectivity index (χ4v) is 3.35. The zero-order chi connectivity index (χ0) is 22.8. The molecule has 8 heteroatoms. The Kier molecular flexibility index (Phi) is 6.03. The quantitative estimate of drug-likeness (QED) is 0.556. The molecule has 1 unspecified atom stereocenters. The molecule has 0 spiro atoms. The minimum absolute atomic E-state index is 0.0251. The van der Waals surface area contributed by atoms with Crippen LogP contribution in [0.3, 0.4) is 0 Å². The number of hydrogen-bond donors (Lipinski definition) is 2. The van der Waals surface area contributed by atoms with Crippen LogP contribution in [0.25, 0.3) is 0 Å². The topological polar surface area (TPSA) is 97.1 Å². The Labute approximate surface area is 185 Å². The number of amides is 2. The average Bonchev–Trinajstić information content (AvgIpc) is 3.50. The Balaban J connectivity index is 1.51. The van der Waals surface area contributed by atoms with Crippen LogP contribution in [0.2, 0.25) is 0 Å². The number of halogens is 1. The summed E-state index contributed by atoms with van der Waals surface area (Å²) in [5.41, 5.74) is 1.47. The number of carbonyl (C=O) groups is 2. The third-order valence-electron chi connectivity index (χ3n) is 5.49. The van der Waals surface area contributed by atoms with Gasteiger partial charge < -0.3 is 15.2 Å². The maximum atomic E-state index is 13.9. The molecule has 2 N–H and O–H groups in total. The molecule has 0 radical (unpaired) electrons. The van der Waals surface area contributed by atoms with Crippen LogP contribution in [0.15, 0.2) is 47.0 Å². The van der Waals surface area contributed by atoms with Crippen LogP contribution >= 0.6 is 0 Å². The van der Waals surface area contributed by atoms with Gasteiger partial charge in [0.2, 0.25) is 5.89 Å². The molecule has 0 aliphatic heterocycles. The van der Waals surface area contributed by atoms with E-state index in [1.165, 1.54) is 18.2 Å². The van der Waals surface area contributed by atoms with Gasteiger partial charge in [0.15, 0.2) is 5.82 Å². The summed E-state index contributed by atoms with van der Waals surface area (Å²) < 4.78 is 19.4. The molecule has 166 valence electrons. The highest BCUT2D eigenvalue weighted by molar-refractivity contribution is 6.05. The average molecular weight is 436 g/mol. The predicted molar refractivity (Wildman–Crippen MR) is 117 cm³/mol. The van der Waals surface area contributed by atoms with E-state index in [2.05, 4.69) is 20.8 Å². The van der Waals surface area contributed by atoms with Crippen LogP contribution in [-0.4, -0.2) is 22.0 Å².